The fourth-order valence-electron chi connectivity index (χ4n) is 3.78. The first-order valence-electron chi connectivity index (χ1n) is 10.9. The molecule has 0 aliphatic rings. The van der Waals surface area contributed by atoms with Crippen LogP contribution < -0.4 is 10.1 Å². The fraction of sp³-hybridized carbons (Fsp3) is 0.231. The van der Waals surface area contributed by atoms with E-state index in [1.54, 1.807) is 54.2 Å². The Morgan fingerprint density at radius 3 is 2.40 bits per heavy atom. The number of amides is 1. The van der Waals surface area contributed by atoms with Gasteiger partial charge in [-0.25, -0.2) is 13.5 Å². The number of carbonyl (C=O) groups excluding carboxylic acids is 1. The number of carbonyl (C=O) groups is 1. The first-order valence-corrected chi connectivity index (χ1v) is 10.9. The number of hydrogen-bond acceptors (Lipinski definition) is 3. The summed E-state index contributed by atoms with van der Waals surface area (Å²) < 4.78 is 62.1. The molecule has 0 fully saturated rings. The van der Waals surface area contributed by atoms with Crippen molar-refractivity contribution in [1.29, 1.82) is 0 Å². The number of benzene rings is 3. The summed E-state index contributed by atoms with van der Waals surface area (Å²) >= 11 is 0. The summed E-state index contributed by atoms with van der Waals surface area (Å²) in [6, 6.07) is 14.2. The monoisotopic (exact) mass is 485 g/mol. The van der Waals surface area contributed by atoms with Gasteiger partial charge in [0.1, 0.15) is 23.5 Å². The molecular formula is C26H23F4N3O2. The first kappa shape index (κ1) is 24.3. The van der Waals surface area contributed by atoms with Gasteiger partial charge < -0.3 is 10.1 Å². The second-order valence-electron chi connectivity index (χ2n) is 8.44. The van der Waals surface area contributed by atoms with E-state index >= 15 is 0 Å². The van der Waals surface area contributed by atoms with E-state index in [1.165, 1.54) is 31.2 Å². The second kappa shape index (κ2) is 9.40. The van der Waals surface area contributed by atoms with E-state index in [0.29, 0.717) is 34.9 Å². The fourth-order valence-corrected chi connectivity index (χ4v) is 3.78. The van der Waals surface area contributed by atoms with E-state index in [0.717, 1.165) is 5.52 Å². The molecule has 1 amide bonds. The van der Waals surface area contributed by atoms with Crippen LogP contribution in [0.15, 0.2) is 66.9 Å². The topological polar surface area (TPSA) is 56.1 Å². The molecule has 4 rings (SSSR count). The molecule has 0 bridgehead atoms. The largest absolute Gasteiger partial charge is 0.484 e. The maximum atomic E-state index is 14.1. The van der Waals surface area contributed by atoms with E-state index in [2.05, 4.69) is 10.4 Å². The van der Waals surface area contributed by atoms with Crippen molar-refractivity contribution in [2.75, 3.05) is 0 Å². The molecule has 0 spiro atoms. The number of fused-ring (bicyclic) bond motifs is 1. The lowest BCUT2D eigenvalue weighted by molar-refractivity contribution is -0.144. The Balaban J connectivity index is 1.68. The Bertz CT molecular complexity index is 1360. The molecule has 1 heterocycles. The van der Waals surface area contributed by atoms with Crippen LogP contribution in [-0.4, -0.2) is 27.7 Å². The number of hydrogen-bond donors (Lipinski definition) is 1. The molecule has 182 valence electrons. The lowest BCUT2D eigenvalue weighted by Crippen LogP contribution is -2.46. The number of halogens is 4. The van der Waals surface area contributed by atoms with Crippen LogP contribution in [0.3, 0.4) is 0 Å². The minimum absolute atomic E-state index is 0.360. The molecule has 0 aliphatic heterocycles. The molecule has 0 aliphatic carbocycles. The third-order valence-electron chi connectivity index (χ3n) is 5.63. The molecule has 35 heavy (non-hydrogen) atoms. The van der Waals surface area contributed by atoms with Gasteiger partial charge in [0, 0.05) is 17.9 Å². The van der Waals surface area contributed by atoms with Crippen LogP contribution in [0, 0.1) is 18.6 Å². The maximum absolute atomic E-state index is 14.1. The Labute approximate surface area is 199 Å². The van der Waals surface area contributed by atoms with Crippen LogP contribution in [0.25, 0.3) is 16.6 Å². The van der Waals surface area contributed by atoms with Crippen molar-refractivity contribution in [3.05, 3.63) is 89.6 Å². The molecule has 4 aromatic rings. The summed E-state index contributed by atoms with van der Waals surface area (Å²) in [5, 5.41) is 7.33. The predicted octanol–water partition coefficient (Wildman–Crippen LogP) is 5.89. The molecular weight excluding hydrogens is 462 g/mol. The SMILES string of the molecule is Cc1ccc(F)cc1[C@@H](Oc1ccc2c(cnn2-c2ccc(F)cc2)c1)[C@H](C)NC(=O)C(C)(F)F. The van der Waals surface area contributed by atoms with Crippen molar-refractivity contribution >= 4 is 16.8 Å². The van der Waals surface area contributed by atoms with Crippen LogP contribution >= 0.6 is 0 Å². The normalized spacial score (nSPS) is 13.5. The van der Waals surface area contributed by atoms with E-state index in [1.807, 2.05) is 0 Å². The number of nitrogens with zero attached hydrogens (tertiary/aromatic N) is 2. The summed E-state index contributed by atoms with van der Waals surface area (Å²) in [5.41, 5.74) is 2.49. The number of alkyl halides is 2. The molecule has 0 unspecified atom stereocenters. The minimum atomic E-state index is -3.58. The highest BCUT2D eigenvalue weighted by Gasteiger charge is 2.35. The smallest absolute Gasteiger partial charge is 0.321 e. The third kappa shape index (κ3) is 5.29. The molecule has 0 saturated heterocycles. The lowest BCUT2D eigenvalue weighted by Gasteiger charge is -2.28. The molecule has 2 atom stereocenters. The van der Waals surface area contributed by atoms with Crippen molar-refractivity contribution in [2.45, 2.75) is 38.8 Å². The number of aromatic nitrogens is 2. The molecule has 3 aromatic carbocycles. The first-order chi connectivity index (χ1) is 16.5. The highest BCUT2D eigenvalue weighted by Crippen LogP contribution is 2.31. The van der Waals surface area contributed by atoms with Gasteiger partial charge in [0.2, 0.25) is 0 Å². The maximum Gasteiger partial charge on any atom is 0.321 e. The van der Waals surface area contributed by atoms with Gasteiger partial charge in [0.05, 0.1) is 23.4 Å². The Kier molecular flexibility index (Phi) is 6.51. The van der Waals surface area contributed by atoms with Crippen LogP contribution in [-0.2, 0) is 4.79 Å². The molecule has 9 heteroatoms. The number of ether oxygens (including phenoxy) is 1. The summed E-state index contributed by atoms with van der Waals surface area (Å²) in [7, 11) is 0. The average molecular weight is 485 g/mol. The highest BCUT2D eigenvalue weighted by molar-refractivity contribution is 5.83. The van der Waals surface area contributed by atoms with Gasteiger partial charge in [-0.15, -0.1) is 0 Å². The van der Waals surface area contributed by atoms with Crippen molar-refractivity contribution in [2.24, 2.45) is 0 Å². The van der Waals surface area contributed by atoms with Gasteiger partial charge in [-0.1, -0.05) is 6.07 Å². The predicted molar refractivity (Wildman–Crippen MR) is 124 cm³/mol. The zero-order valence-electron chi connectivity index (χ0n) is 19.2. The highest BCUT2D eigenvalue weighted by atomic mass is 19.3. The lowest BCUT2D eigenvalue weighted by atomic mass is 9.98. The number of rotatable bonds is 7. The van der Waals surface area contributed by atoms with Gasteiger partial charge in [-0.05, 0) is 74.0 Å². The zero-order valence-corrected chi connectivity index (χ0v) is 19.2. The molecule has 5 nitrogen and oxygen atoms in total. The van der Waals surface area contributed by atoms with E-state index < -0.39 is 29.8 Å². The van der Waals surface area contributed by atoms with Crippen molar-refractivity contribution < 1.29 is 27.1 Å². The third-order valence-corrected chi connectivity index (χ3v) is 5.63. The van der Waals surface area contributed by atoms with Crippen LogP contribution in [0.5, 0.6) is 5.75 Å². The summed E-state index contributed by atoms with van der Waals surface area (Å²) in [6.45, 7) is 3.76. The van der Waals surface area contributed by atoms with Crippen LogP contribution in [0.4, 0.5) is 17.6 Å². The van der Waals surface area contributed by atoms with Gasteiger partial charge in [0.25, 0.3) is 5.91 Å². The Hall–Kier alpha value is -3.88. The van der Waals surface area contributed by atoms with Crippen LogP contribution in [0.2, 0.25) is 0 Å². The van der Waals surface area contributed by atoms with Crippen LogP contribution in [0.1, 0.15) is 31.1 Å². The Morgan fingerprint density at radius 2 is 1.71 bits per heavy atom. The van der Waals surface area contributed by atoms with E-state index in [-0.39, 0.29) is 5.82 Å². The second-order valence-corrected chi connectivity index (χ2v) is 8.44. The zero-order chi connectivity index (χ0) is 25.3. The van der Waals surface area contributed by atoms with Crippen molar-refractivity contribution in [3.63, 3.8) is 0 Å². The summed E-state index contributed by atoms with van der Waals surface area (Å²) in [5.74, 6) is -5.54. The van der Waals surface area contributed by atoms with Crippen molar-refractivity contribution in [3.8, 4) is 11.4 Å². The quantitative estimate of drug-likeness (QED) is 0.332. The van der Waals surface area contributed by atoms with Crippen molar-refractivity contribution in [1.82, 2.24) is 15.1 Å². The molecule has 1 aromatic heterocycles. The van der Waals surface area contributed by atoms with Gasteiger partial charge in [0.15, 0.2) is 0 Å². The standard InChI is InChI=1S/C26H23F4N3O2/c1-15-4-5-19(28)13-22(15)24(16(2)32-25(34)26(3,29)30)35-21-10-11-23-17(12-21)14-31-33(23)20-8-6-18(27)7-9-20/h4-14,16,24H,1-3H3,(H,32,34)/t16-,24-/m0/s1. The molecule has 1 N–H and O–H groups in total. The van der Waals surface area contributed by atoms with E-state index in [9.17, 15) is 22.4 Å². The van der Waals surface area contributed by atoms with Gasteiger partial charge in [-0.2, -0.15) is 13.9 Å². The number of nitrogens with one attached hydrogen (secondary N) is 1. The van der Waals surface area contributed by atoms with Gasteiger partial charge in [-0.3, -0.25) is 4.79 Å². The average Bonchev–Trinajstić information content (AvgIpc) is 3.22. The Morgan fingerprint density at radius 1 is 1.03 bits per heavy atom. The summed E-state index contributed by atoms with van der Waals surface area (Å²) in [4.78, 5) is 11.9. The summed E-state index contributed by atoms with van der Waals surface area (Å²) in [6.07, 6.45) is 0.651. The minimum Gasteiger partial charge on any atom is -0.484 e. The van der Waals surface area contributed by atoms with E-state index in [4.69, 9.17) is 4.74 Å². The van der Waals surface area contributed by atoms with Gasteiger partial charge >= 0.3 is 5.92 Å². The molecule has 0 saturated carbocycles. The molecule has 0 radical (unpaired) electrons. The number of aryl methyl sites for hydroxylation is 1.